The highest BCUT2D eigenvalue weighted by atomic mass is 79.9. The number of nitrogens with one attached hydrogen (secondary N) is 3. The molecule has 2 aromatic rings. The van der Waals surface area contributed by atoms with Crippen LogP contribution in [0.2, 0.25) is 0 Å². The van der Waals surface area contributed by atoms with E-state index in [1.807, 2.05) is 5.38 Å². The van der Waals surface area contributed by atoms with Crippen LogP contribution in [0.5, 0.6) is 0 Å². The molecule has 3 rings (SSSR count). The van der Waals surface area contributed by atoms with Crippen LogP contribution in [0.25, 0.3) is 0 Å². The largest absolute Gasteiger partial charge is 0.322 e. The summed E-state index contributed by atoms with van der Waals surface area (Å²) in [7, 11) is 0. The Kier molecular flexibility index (Phi) is 3.95. The first-order chi connectivity index (χ1) is 10.9. The maximum Gasteiger partial charge on any atom is 0.322 e. The van der Waals surface area contributed by atoms with E-state index in [2.05, 4.69) is 31.9 Å². The molecule has 0 saturated carbocycles. The first kappa shape index (κ1) is 15.7. The van der Waals surface area contributed by atoms with Crippen LogP contribution in [0, 0.1) is 0 Å². The van der Waals surface area contributed by atoms with Gasteiger partial charge < -0.3 is 10.6 Å². The van der Waals surface area contributed by atoms with Crippen molar-refractivity contribution in [3.63, 3.8) is 0 Å². The van der Waals surface area contributed by atoms with E-state index in [0.29, 0.717) is 16.1 Å². The number of hydrogen-bond donors (Lipinski definition) is 3. The quantitative estimate of drug-likeness (QED) is 0.700. The average Bonchev–Trinajstić information content (AvgIpc) is 3.03. The average molecular weight is 394 g/mol. The summed E-state index contributed by atoms with van der Waals surface area (Å²) in [6.07, 6.45) is 0. The Hall–Kier alpha value is -2.19. The molecule has 6 nitrogen and oxygen atoms in total. The van der Waals surface area contributed by atoms with Gasteiger partial charge in [0, 0.05) is 10.2 Å². The fourth-order valence-electron chi connectivity index (χ4n) is 2.30. The Balaban J connectivity index is 1.86. The third kappa shape index (κ3) is 2.87. The number of halogens is 1. The Bertz CT molecular complexity index is 820. The minimum atomic E-state index is -1.15. The van der Waals surface area contributed by atoms with Crippen LogP contribution in [0.3, 0.4) is 0 Å². The number of anilines is 1. The number of urea groups is 1. The Morgan fingerprint density at radius 3 is 2.70 bits per heavy atom. The van der Waals surface area contributed by atoms with Crippen LogP contribution >= 0.6 is 27.3 Å². The first-order valence-corrected chi connectivity index (χ1v) is 8.36. The van der Waals surface area contributed by atoms with E-state index >= 15 is 0 Å². The van der Waals surface area contributed by atoms with Crippen LogP contribution in [0.4, 0.5) is 10.5 Å². The lowest BCUT2D eigenvalue weighted by molar-refractivity contribution is -0.123. The molecule has 1 atom stereocenters. The highest BCUT2D eigenvalue weighted by molar-refractivity contribution is 9.10. The normalized spacial score (nSPS) is 20.1. The molecule has 3 N–H and O–H groups in total. The van der Waals surface area contributed by atoms with Crippen molar-refractivity contribution in [1.82, 2.24) is 10.6 Å². The van der Waals surface area contributed by atoms with Crippen molar-refractivity contribution in [2.24, 2.45) is 0 Å². The Labute approximate surface area is 144 Å². The molecule has 1 aromatic heterocycles. The standard InChI is InChI=1S/C15H12BrN3O3S/c1-15(13(21)18-14(22)19-15)8-3-2-4-9(7-8)17-12(20)11-10(16)5-6-23-11/h2-7H,1H3,(H,17,20)(H2,18,19,21,22). The Morgan fingerprint density at radius 1 is 1.30 bits per heavy atom. The molecule has 23 heavy (non-hydrogen) atoms. The predicted molar refractivity (Wildman–Crippen MR) is 90.4 cm³/mol. The van der Waals surface area contributed by atoms with Gasteiger partial charge >= 0.3 is 6.03 Å². The molecule has 0 radical (unpaired) electrons. The van der Waals surface area contributed by atoms with Gasteiger partial charge in [-0.25, -0.2) is 4.79 Å². The predicted octanol–water partition coefficient (Wildman–Crippen LogP) is 2.82. The van der Waals surface area contributed by atoms with Crippen molar-refractivity contribution in [2.75, 3.05) is 5.32 Å². The molecule has 1 aromatic carbocycles. The minimum Gasteiger partial charge on any atom is -0.321 e. The fraction of sp³-hybridized carbons (Fsp3) is 0.133. The first-order valence-electron chi connectivity index (χ1n) is 6.68. The summed E-state index contributed by atoms with van der Waals surface area (Å²) in [5, 5.41) is 9.41. The van der Waals surface area contributed by atoms with E-state index in [0.717, 1.165) is 4.47 Å². The topological polar surface area (TPSA) is 87.3 Å². The fourth-order valence-corrected chi connectivity index (χ4v) is 3.74. The smallest absolute Gasteiger partial charge is 0.321 e. The summed E-state index contributed by atoms with van der Waals surface area (Å²) in [5.74, 6) is -0.666. The van der Waals surface area contributed by atoms with Gasteiger partial charge in [-0.05, 0) is 52.0 Å². The Morgan fingerprint density at radius 2 is 2.09 bits per heavy atom. The second-order valence-corrected chi connectivity index (χ2v) is 6.94. The molecule has 1 aliphatic heterocycles. The zero-order valence-electron chi connectivity index (χ0n) is 12.0. The van der Waals surface area contributed by atoms with Crippen molar-refractivity contribution in [3.05, 3.63) is 50.6 Å². The number of rotatable bonds is 3. The summed E-state index contributed by atoms with van der Waals surface area (Å²) in [4.78, 5) is 36.2. The van der Waals surface area contributed by atoms with Crippen molar-refractivity contribution in [1.29, 1.82) is 0 Å². The number of hydrogen-bond acceptors (Lipinski definition) is 4. The van der Waals surface area contributed by atoms with Crippen molar-refractivity contribution >= 4 is 50.8 Å². The number of benzene rings is 1. The highest BCUT2D eigenvalue weighted by Gasteiger charge is 2.43. The molecular weight excluding hydrogens is 382 g/mol. The third-order valence-electron chi connectivity index (χ3n) is 3.57. The SMILES string of the molecule is CC1(c2cccc(NC(=O)c3sccc3Br)c2)NC(=O)NC1=O. The van der Waals surface area contributed by atoms with Crippen LogP contribution < -0.4 is 16.0 Å². The maximum atomic E-state index is 12.2. The van der Waals surface area contributed by atoms with Gasteiger partial charge in [0.05, 0.1) is 0 Å². The molecule has 1 unspecified atom stereocenters. The maximum absolute atomic E-state index is 12.2. The monoisotopic (exact) mass is 393 g/mol. The van der Waals surface area contributed by atoms with Crippen molar-refractivity contribution in [3.8, 4) is 0 Å². The van der Waals surface area contributed by atoms with E-state index in [9.17, 15) is 14.4 Å². The zero-order chi connectivity index (χ0) is 16.6. The van der Waals surface area contributed by atoms with Crippen LogP contribution in [0.1, 0.15) is 22.2 Å². The van der Waals surface area contributed by atoms with E-state index in [1.165, 1.54) is 11.3 Å². The molecule has 8 heteroatoms. The number of thiophene rings is 1. The summed E-state index contributed by atoms with van der Waals surface area (Å²) in [6, 6.07) is 8.11. The zero-order valence-corrected chi connectivity index (χ0v) is 14.4. The molecule has 2 heterocycles. The van der Waals surface area contributed by atoms with Gasteiger partial charge in [-0.1, -0.05) is 12.1 Å². The molecular formula is C15H12BrN3O3S. The molecule has 1 aliphatic rings. The molecule has 1 fully saturated rings. The lowest BCUT2D eigenvalue weighted by Crippen LogP contribution is -2.40. The van der Waals surface area contributed by atoms with Crippen LogP contribution in [-0.2, 0) is 10.3 Å². The van der Waals surface area contributed by atoms with Crippen LogP contribution in [0.15, 0.2) is 40.2 Å². The van der Waals surface area contributed by atoms with E-state index in [4.69, 9.17) is 0 Å². The molecule has 1 saturated heterocycles. The van der Waals surface area contributed by atoms with Crippen LogP contribution in [-0.4, -0.2) is 17.8 Å². The number of carbonyl (C=O) groups is 3. The number of carbonyl (C=O) groups excluding carboxylic acids is 3. The number of imide groups is 1. The van der Waals surface area contributed by atoms with E-state index in [1.54, 1.807) is 37.3 Å². The van der Waals surface area contributed by atoms with Gasteiger partial charge in [0.25, 0.3) is 11.8 Å². The summed E-state index contributed by atoms with van der Waals surface area (Å²) in [5.41, 5.74) is -0.0201. The second kappa shape index (κ2) is 5.78. The molecule has 4 amide bonds. The molecule has 118 valence electrons. The van der Waals surface area contributed by atoms with Gasteiger partial charge in [0.15, 0.2) is 0 Å². The van der Waals surface area contributed by atoms with Gasteiger partial charge in [-0.15, -0.1) is 11.3 Å². The molecule has 0 spiro atoms. The van der Waals surface area contributed by atoms with Gasteiger partial charge in [-0.2, -0.15) is 0 Å². The molecule has 0 aliphatic carbocycles. The van der Waals surface area contributed by atoms with Gasteiger partial charge in [0.2, 0.25) is 0 Å². The third-order valence-corrected chi connectivity index (χ3v) is 5.40. The lowest BCUT2D eigenvalue weighted by atomic mass is 9.92. The summed E-state index contributed by atoms with van der Waals surface area (Å²) >= 11 is 4.65. The number of amides is 4. The van der Waals surface area contributed by atoms with Crippen molar-refractivity contribution < 1.29 is 14.4 Å². The summed E-state index contributed by atoms with van der Waals surface area (Å²) in [6.45, 7) is 1.62. The minimum absolute atomic E-state index is 0.242. The highest BCUT2D eigenvalue weighted by Crippen LogP contribution is 2.28. The van der Waals surface area contributed by atoms with Gasteiger partial charge in [-0.3, -0.25) is 14.9 Å². The van der Waals surface area contributed by atoms with Gasteiger partial charge in [0.1, 0.15) is 10.4 Å². The van der Waals surface area contributed by atoms with Crippen molar-refractivity contribution in [2.45, 2.75) is 12.5 Å². The lowest BCUT2D eigenvalue weighted by Gasteiger charge is -2.21. The second-order valence-electron chi connectivity index (χ2n) is 5.17. The molecule has 0 bridgehead atoms. The van der Waals surface area contributed by atoms with E-state index < -0.39 is 17.5 Å². The van der Waals surface area contributed by atoms with E-state index in [-0.39, 0.29) is 5.91 Å². The summed E-state index contributed by atoms with van der Waals surface area (Å²) < 4.78 is 0.727.